The fourth-order valence-electron chi connectivity index (χ4n) is 2.65. The van der Waals surface area contributed by atoms with Crippen molar-refractivity contribution < 1.29 is 4.79 Å². The minimum absolute atomic E-state index is 0.0643. The number of amides is 1. The van der Waals surface area contributed by atoms with Gasteiger partial charge in [-0.25, -0.2) is 0 Å². The number of aromatic nitrogens is 1. The average Bonchev–Trinajstić information content (AvgIpc) is 2.96. The van der Waals surface area contributed by atoms with Crippen molar-refractivity contribution in [3.05, 3.63) is 72.4 Å². The number of aryl methyl sites for hydroxylation is 1. The molecular formula is C19H20N2O. The lowest BCUT2D eigenvalue weighted by atomic mass is 10.1. The highest BCUT2D eigenvalue weighted by molar-refractivity contribution is 5.83. The van der Waals surface area contributed by atoms with E-state index in [-0.39, 0.29) is 5.91 Å². The van der Waals surface area contributed by atoms with Crippen LogP contribution in [0, 0.1) is 0 Å². The topological polar surface area (TPSA) is 34.0 Å². The van der Waals surface area contributed by atoms with Crippen LogP contribution in [0.4, 0.5) is 0 Å². The Bertz CT molecular complexity index is 746. The van der Waals surface area contributed by atoms with E-state index in [1.165, 1.54) is 10.9 Å². The van der Waals surface area contributed by atoms with Crippen molar-refractivity contribution in [3.8, 4) is 0 Å². The third-order valence-corrected chi connectivity index (χ3v) is 3.80. The fraction of sp³-hybridized carbons (Fsp3) is 0.211. The van der Waals surface area contributed by atoms with E-state index >= 15 is 0 Å². The van der Waals surface area contributed by atoms with Crippen LogP contribution < -0.4 is 5.32 Å². The highest BCUT2D eigenvalue weighted by atomic mass is 16.1. The summed E-state index contributed by atoms with van der Waals surface area (Å²) in [4.78, 5) is 12.0. The van der Waals surface area contributed by atoms with Crippen LogP contribution >= 0.6 is 0 Å². The van der Waals surface area contributed by atoms with Crippen molar-refractivity contribution in [2.24, 2.45) is 0 Å². The van der Waals surface area contributed by atoms with Gasteiger partial charge in [-0.1, -0.05) is 48.5 Å². The van der Waals surface area contributed by atoms with Gasteiger partial charge in [0.2, 0.25) is 5.91 Å². The zero-order valence-electron chi connectivity index (χ0n) is 12.5. The quantitative estimate of drug-likeness (QED) is 0.694. The molecular weight excluding hydrogens is 272 g/mol. The minimum atomic E-state index is 0.0643. The Kier molecular flexibility index (Phi) is 4.54. The molecule has 0 saturated heterocycles. The molecule has 0 fully saturated rings. The number of fused-ring (bicyclic) bond motifs is 1. The molecule has 2 aromatic carbocycles. The van der Waals surface area contributed by atoms with Crippen LogP contribution in [-0.4, -0.2) is 17.0 Å². The third kappa shape index (κ3) is 3.55. The van der Waals surface area contributed by atoms with E-state index in [0.29, 0.717) is 13.1 Å². The molecule has 112 valence electrons. The lowest BCUT2D eigenvalue weighted by Gasteiger charge is -2.07. The molecule has 0 aliphatic rings. The van der Waals surface area contributed by atoms with Gasteiger partial charge in [0.1, 0.15) is 6.54 Å². The van der Waals surface area contributed by atoms with Crippen molar-refractivity contribution in [2.75, 3.05) is 6.54 Å². The molecule has 0 atom stereocenters. The SMILES string of the molecule is O=C(Cn1ccc2ccccc21)NCCCc1ccccc1. The number of hydrogen-bond acceptors (Lipinski definition) is 1. The van der Waals surface area contributed by atoms with Crippen LogP contribution in [0.25, 0.3) is 10.9 Å². The summed E-state index contributed by atoms with van der Waals surface area (Å²) in [6, 6.07) is 20.5. The molecule has 1 N–H and O–H groups in total. The summed E-state index contributed by atoms with van der Waals surface area (Å²) < 4.78 is 1.99. The second-order valence-electron chi connectivity index (χ2n) is 5.44. The molecule has 0 saturated carbocycles. The highest BCUT2D eigenvalue weighted by Crippen LogP contribution is 2.14. The Morgan fingerprint density at radius 2 is 1.73 bits per heavy atom. The number of nitrogens with one attached hydrogen (secondary N) is 1. The molecule has 1 amide bonds. The van der Waals surface area contributed by atoms with E-state index in [1.807, 2.05) is 53.2 Å². The van der Waals surface area contributed by atoms with Gasteiger partial charge in [-0.05, 0) is 35.9 Å². The lowest BCUT2D eigenvalue weighted by Crippen LogP contribution is -2.28. The summed E-state index contributed by atoms with van der Waals surface area (Å²) >= 11 is 0. The van der Waals surface area contributed by atoms with Gasteiger partial charge in [-0.2, -0.15) is 0 Å². The first-order chi connectivity index (χ1) is 10.8. The van der Waals surface area contributed by atoms with Crippen molar-refractivity contribution in [1.82, 2.24) is 9.88 Å². The molecule has 0 unspecified atom stereocenters. The summed E-state index contributed by atoms with van der Waals surface area (Å²) in [7, 11) is 0. The Hall–Kier alpha value is -2.55. The molecule has 0 aliphatic carbocycles. The average molecular weight is 292 g/mol. The largest absolute Gasteiger partial charge is 0.355 e. The maximum Gasteiger partial charge on any atom is 0.239 e. The maximum absolute atomic E-state index is 12.0. The van der Waals surface area contributed by atoms with E-state index in [4.69, 9.17) is 0 Å². The van der Waals surface area contributed by atoms with E-state index in [1.54, 1.807) is 0 Å². The van der Waals surface area contributed by atoms with Crippen LogP contribution in [0.1, 0.15) is 12.0 Å². The number of para-hydroxylation sites is 1. The normalized spacial score (nSPS) is 10.7. The Labute approximate surface area is 130 Å². The molecule has 0 radical (unpaired) electrons. The van der Waals surface area contributed by atoms with Crippen molar-refractivity contribution >= 4 is 16.8 Å². The van der Waals surface area contributed by atoms with E-state index < -0.39 is 0 Å². The van der Waals surface area contributed by atoms with Gasteiger partial charge >= 0.3 is 0 Å². The van der Waals surface area contributed by atoms with Crippen molar-refractivity contribution in [2.45, 2.75) is 19.4 Å². The molecule has 0 spiro atoms. The summed E-state index contributed by atoms with van der Waals surface area (Å²) in [6.45, 7) is 1.09. The second-order valence-corrected chi connectivity index (χ2v) is 5.44. The van der Waals surface area contributed by atoms with E-state index in [2.05, 4.69) is 23.5 Å². The first-order valence-corrected chi connectivity index (χ1v) is 7.67. The lowest BCUT2D eigenvalue weighted by molar-refractivity contribution is -0.121. The predicted octanol–water partition coefficient (Wildman–Crippen LogP) is 3.39. The highest BCUT2D eigenvalue weighted by Gasteiger charge is 2.05. The molecule has 3 nitrogen and oxygen atoms in total. The van der Waals surface area contributed by atoms with E-state index in [9.17, 15) is 4.79 Å². The first-order valence-electron chi connectivity index (χ1n) is 7.67. The Morgan fingerprint density at radius 1 is 0.955 bits per heavy atom. The summed E-state index contributed by atoms with van der Waals surface area (Å²) in [5.74, 6) is 0.0643. The predicted molar refractivity (Wildman–Crippen MR) is 89.7 cm³/mol. The molecule has 3 heteroatoms. The zero-order valence-corrected chi connectivity index (χ0v) is 12.5. The van der Waals surface area contributed by atoms with Gasteiger partial charge < -0.3 is 9.88 Å². The van der Waals surface area contributed by atoms with Gasteiger partial charge in [0.05, 0.1) is 0 Å². The number of rotatable bonds is 6. The van der Waals surface area contributed by atoms with Crippen LogP contribution in [-0.2, 0) is 17.8 Å². The van der Waals surface area contributed by atoms with Gasteiger partial charge in [-0.3, -0.25) is 4.79 Å². The first kappa shape index (κ1) is 14.4. The van der Waals surface area contributed by atoms with E-state index in [0.717, 1.165) is 18.4 Å². The minimum Gasteiger partial charge on any atom is -0.355 e. The number of carbonyl (C=O) groups excluding carboxylic acids is 1. The summed E-state index contributed by atoms with van der Waals surface area (Å²) in [6.07, 6.45) is 3.92. The maximum atomic E-state index is 12.0. The third-order valence-electron chi connectivity index (χ3n) is 3.80. The van der Waals surface area contributed by atoms with Gasteiger partial charge in [0.15, 0.2) is 0 Å². The molecule has 0 aliphatic heterocycles. The summed E-state index contributed by atoms with van der Waals surface area (Å²) in [5.41, 5.74) is 2.41. The number of benzene rings is 2. The molecule has 1 aromatic heterocycles. The molecule has 0 bridgehead atoms. The van der Waals surface area contributed by atoms with Gasteiger partial charge in [-0.15, -0.1) is 0 Å². The second kappa shape index (κ2) is 6.94. The fourth-order valence-corrected chi connectivity index (χ4v) is 2.65. The molecule has 3 rings (SSSR count). The van der Waals surface area contributed by atoms with Crippen LogP contribution in [0.3, 0.4) is 0 Å². The Balaban J connectivity index is 1.47. The van der Waals surface area contributed by atoms with Crippen LogP contribution in [0.5, 0.6) is 0 Å². The van der Waals surface area contributed by atoms with Crippen molar-refractivity contribution in [1.29, 1.82) is 0 Å². The number of carbonyl (C=O) groups is 1. The Morgan fingerprint density at radius 3 is 2.59 bits per heavy atom. The summed E-state index contributed by atoms with van der Waals surface area (Å²) in [5, 5.41) is 4.16. The number of nitrogens with zero attached hydrogens (tertiary/aromatic N) is 1. The molecule has 1 heterocycles. The number of hydrogen-bond donors (Lipinski definition) is 1. The van der Waals surface area contributed by atoms with Crippen molar-refractivity contribution in [3.63, 3.8) is 0 Å². The monoisotopic (exact) mass is 292 g/mol. The van der Waals surface area contributed by atoms with Crippen LogP contribution in [0.2, 0.25) is 0 Å². The zero-order chi connectivity index (χ0) is 15.2. The molecule has 22 heavy (non-hydrogen) atoms. The van der Waals surface area contributed by atoms with Gasteiger partial charge in [0.25, 0.3) is 0 Å². The standard InChI is InChI=1S/C19H20N2O/c22-19(20-13-6-9-16-7-2-1-3-8-16)15-21-14-12-17-10-4-5-11-18(17)21/h1-5,7-8,10-12,14H,6,9,13,15H2,(H,20,22). The molecule has 3 aromatic rings. The van der Waals surface area contributed by atoms with Gasteiger partial charge in [0, 0.05) is 18.3 Å². The van der Waals surface area contributed by atoms with Crippen LogP contribution in [0.15, 0.2) is 66.9 Å². The smallest absolute Gasteiger partial charge is 0.239 e.